The third-order valence-electron chi connectivity index (χ3n) is 2.29. The zero-order valence-corrected chi connectivity index (χ0v) is 9.30. The SMILES string of the molecule is COC(=O)[C@@H]1OC(C)(C)O[C@@H]1[C@H]1CS1. The van der Waals surface area contributed by atoms with Gasteiger partial charge in [0.2, 0.25) is 0 Å². The van der Waals surface area contributed by atoms with Gasteiger partial charge in [0, 0.05) is 11.0 Å². The number of hydrogen-bond donors (Lipinski definition) is 0. The lowest BCUT2D eigenvalue weighted by Crippen LogP contribution is -2.35. The van der Waals surface area contributed by atoms with Gasteiger partial charge in [0.1, 0.15) is 6.10 Å². The van der Waals surface area contributed by atoms with E-state index in [0.717, 1.165) is 5.75 Å². The Balaban J connectivity index is 2.09. The number of carbonyl (C=O) groups excluding carboxylic acids is 1. The average Bonchev–Trinajstić information content (AvgIpc) is 2.89. The maximum atomic E-state index is 11.4. The highest BCUT2D eigenvalue weighted by Crippen LogP contribution is 2.42. The molecule has 2 aliphatic heterocycles. The summed E-state index contributed by atoms with van der Waals surface area (Å²) in [5, 5.41) is 0.390. The Morgan fingerprint density at radius 3 is 2.64 bits per heavy atom. The first-order valence-corrected chi connectivity index (χ1v) is 5.63. The molecule has 0 aromatic carbocycles. The lowest BCUT2D eigenvalue weighted by atomic mass is 10.1. The van der Waals surface area contributed by atoms with Crippen molar-refractivity contribution in [2.45, 2.75) is 37.1 Å². The van der Waals surface area contributed by atoms with Crippen LogP contribution in [0.2, 0.25) is 0 Å². The summed E-state index contributed by atoms with van der Waals surface area (Å²) < 4.78 is 15.9. The Kier molecular flexibility index (Phi) is 2.49. The van der Waals surface area contributed by atoms with Crippen molar-refractivity contribution in [3.63, 3.8) is 0 Å². The van der Waals surface area contributed by atoms with Crippen molar-refractivity contribution in [2.75, 3.05) is 12.9 Å². The fourth-order valence-corrected chi connectivity index (χ4v) is 2.29. The Morgan fingerprint density at radius 2 is 2.14 bits per heavy atom. The van der Waals surface area contributed by atoms with Crippen LogP contribution in [0.25, 0.3) is 0 Å². The Labute approximate surface area is 87.3 Å². The first kappa shape index (κ1) is 10.3. The van der Waals surface area contributed by atoms with Crippen LogP contribution in [0.3, 0.4) is 0 Å². The van der Waals surface area contributed by atoms with Gasteiger partial charge in [-0.25, -0.2) is 4.79 Å². The topological polar surface area (TPSA) is 44.8 Å². The summed E-state index contributed by atoms with van der Waals surface area (Å²) in [5.74, 6) is 0.0256. The van der Waals surface area contributed by atoms with Crippen molar-refractivity contribution in [1.29, 1.82) is 0 Å². The van der Waals surface area contributed by atoms with Crippen LogP contribution in [0.15, 0.2) is 0 Å². The number of methoxy groups -OCH3 is 1. The zero-order chi connectivity index (χ0) is 10.3. The van der Waals surface area contributed by atoms with Gasteiger partial charge in [-0.3, -0.25) is 0 Å². The summed E-state index contributed by atoms with van der Waals surface area (Å²) >= 11 is 1.79. The van der Waals surface area contributed by atoms with E-state index >= 15 is 0 Å². The first-order chi connectivity index (χ1) is 6.53. The molecule has 0 aromatic rings. The van der Waals surface area contributed by atoms with E-state index in [0.29, 0.717) is 5.25 Å². The number of rotatable bonds is 2. The molecule has 0 aromatic heterocycles. The van der Waals surface area contributed by atoms with E-state index in [4.69, 9.17) is 9.47 Å². The van der Waals surface area contributed by atoms with Gasteiger partial charge in [-0.2, -0.15) is 11.8 Å². The molecule has 5 heteroatoms. The van der Waals surface area contributed by atoms with Crippen molar-refractivity contribution in [3.8, 4) is 0 Å². The molecule has 2 rings (SSSR count). The van der Waals surface area contributed by atoms with E-state index < -0.39 is 11.9 Å². The van der Waals surface area contributed by atoms with Crippen molar-refractivity contribution >= 4 is 17.7 Å². The minimum atomic E-state index is -0.674. The van der Waals surface area contributed by atoms with Crippen LogP contribution < -0.4 is 0 Å². The van der Waals surface area contributed by atoms with Gasteiger partial charge >= 0.3 is 5.97 Å². The molecule has 0 spiro atoms. The third kappa shape index (κ3) is 1.89. The number of thioether (sulfide) groups is 1. The molecule has 80 valence electrons. The van der Waals surface area contributed by atoms with Crippen LogP contribution in [0.1, 0.15) is 13.8 Å². The maximum Gasteiger partial charge on any atom is 0.337 e. The molecule has 2 aliphatic rings. The predicted molar refractivity (Wildman–Crippen MR) is 52.1 cm³/mol. The van der Waals surface area contributed by atoms with Gasteiger partial charge in [0.05, 0.1) is 7.11 Å². The Bertz CT molecular complexity index is 249. The summed E-state index contributed by atoms with van der Waals surface area (Å²) in [6, 6.07) is 0. The van der Waals surface area contributed by atoms with Crippen LogP contribution >= 0.6 is 11.8 Å². The predicted octanol–water partition coefficient (Wildman–Crippen LogP) is 0.795. The minimum Gasteiger partial charge on any atom is -0.467 e. The molecule has 0 radical (unpaired) electrons. The highest BCUT2D eigenvalue weighted by Gasteiger charge is 2.52. The number of ether oxygens (including phenoxy) is 3. The third-order valence-corrected chi connectivity index (χ3v) is 3.27. The highest BCUT2D eigenvalue weighted by atomic mass is 32.2. The van der Waals surface area contributed by atoms with Gasteiger partial charge in [-0.1, -0.05) is 0 Å². The van der Waals surface area contributed by atoms with Crippen molar-refractivity contribution in [1.82, 2.24) is 0 Å². The molecule has 14 heavy (non-hydrogen) atoms. The maximum absolute atomic E-state index is 11.4. The van der Waals surface area contributed by atoms with Crippen molar-refractivity contribution in [2.24, 2.45) is 0 Å². The molecule has 3 atom stereocenters. The summed E-state index contributed by atoms with van der Waals surface area (Å²) in [5.41, 5.74) is 0. The van der Waals surface area contributed by atoms with Gasteiger partial charge < -0.3 is 14.2 Å². The largest absolute Gasteiger partial charge is 0.467 e. The Morgan fingerprint density at radius 1 is 1.50 bits per heavy atom. The molecule has 0 amide bonds. The second kappa shape index (κ2) is 3.40. The monoisotopic (exact) mass is 218 g/mol. The van der Waals surface area contributed by atoms with Gasteiger partial charge in [0.25, 0.3) is 0 Å². The quantitative estimate of drug-likeness (QED) is 0.506. The van der Waals surface area contributed by atoms with Crippen molar-refractivity contribution in [3.05, 3.63) is 0 Å². The van der Waals surface area contributed by atoms with E-state index in [-0.39, 0.29) is 12.1 Å². The Hall–Kier alpha value is -0.260. The van der Waals surface area contributed by atoms with Gasteiger partial charge in [-0.05, 0) is 13.8 Å². The smallest absolute Gasteiger partial charge is 0.337 e. The molecule has 2 heterocycles. The minimum absolute atomic E-state index is 0.151. The first-order valence-electron chi connectivity index (χ1n) is 4.58. The molecule has 0 bridgehead atoms. The molecule has 0 aliphatic carbocycles. The molecule has 2 saturated heterocycles. The molecule has 4 nitrogen and oxygen atoms in total. The fraction of sp³-hybridized carbons (Fsp3) is 0.889. The van der Waals surface area contributed by atoms with Crippen LogP contribution in [0.5, 0.6) is 0 Å². The van der Waals surface area contributed by atoms with E-state index in [9.17, 15) is 4.79 Å². The summed E-state index contributed by atoms with van der Waals surface area (Å²) in [6.45, 7) is 3.63. The standard InChI is InChI=1S/C9H14O4S/c1-9(2)12-6(5-4-14-5)7(13-9)8(10)11-3/h5-7H,4H2,1-3H3/t5-,6-,7-/m1/s1. The number of hydrogen-bond acceptors (Lipinski definition) is 5. The van der Waals surface area contributed by atoms with E-state index in [1.165, 1.54) is 7.11 Å². The average molecular weight is 218 g/mol. The van der Waals surface area contributed by atoms with E-state index in [1.807, 2.05) is 13.8 Å². The molecule has 0 unspecified atom stereocenters. The van der Waals surface area contributed by atoms with Crippen LogP contribution in [-0.2, 0) is 19.0 Å². The summed E-state index contributed by atoms with van der Waals surface area (Å²) in [7, 11) is 1.37. The molecule has 0 saturated carbocycles. The zero-order valence-electron chi connectivity index (χ0n) is 8.48. The summed E-state index contributed by atoms with van der Waals surface area (Å²) in [6.07, 6.45) is -0.711. The lowest BCUT2D eigenvalue weighted by Gasteiger charge is -2.16. The fourth-order valence-electron chi connectivity index (χ4n) is 1.60. The number of carbonyl (C=O) groups is 1. The van der Waals surface area contributed by atoms with E-state index in [1.54, 1.807) is 11.8 Å². The van der Waals surface area contributed by atoms with Crippen LogP contribution in [0.4, 0.5) is 0 Å². The van der Waals surface area contributed by atoms with Crippen LogP contribution in [-0.4, -0.2) is 42.1 Å². The molecule has 2 fully saturated rings. The second-order valence-corrected chi connectivity index (χ2v) is 5.19. The normalized spacial score (nSPS) is 39.5. The van der Waals surface area contributed by atoms with Gasteiger partial charge in [0.15, 0.2) is 11.9 Å². The molecule has 0 N–H and O–H groups in total. The van der Waals surface area contributed by atoms with Crippen LogP contribution in [0, 0.1) is 0 Å². The molecular formula is C9H14O4S. The highest BCUT2D eigenvalue weighted by molar-refractivity contribution is 8.06. The number of esters is 1. The second-order valence-electron chi connectivity index (χ2n) is 3.92. The van der Waals surface area contributed by atoms with Crippen molar-refractivity contribution < 1.29 is 19.0 Å². The van der Waals surface area contributed by atoms with Gasteiger partial charge in [-0.15, -0.1) is 0 Å². The summed E-state index contributed by atoms with van der Waals surface area (Å²) in [4.78, 5) is 11.4. The molecular weight excluding hydrogens is 204 g/mol. The lowest BCUT2D eigenvalue weighted by molar-refractivity contribution is -0.168. The van der Waals surface area contributed by atoms with E-state index in [2.05, 4.69) is 4.74 Å².